The number of hydrogen-bond acceptors (Lipinski definition) is 8. The quantitative estimate of drug-likeness (QED) is 0.295. The van der Waals surface area contributed by atoms with Crippen LogP contribution < -0.4 is 5.32 Å². The molecule has 2 saturated heterocycles. The molecule has 0 unspecified atom stereocenters. The van der Waals surface area contributed by atoms with Gasteiger partial charge < -0.3 is 28.8 Å². The molecule has 2 aliphatic heterocycles. The van der Waals surface area contributed by atoms with Crippen LogP contribution in [0.2, 0.25) is 0 Å². The molecule has 0 radical (unpaired) electrons. The van der Waals surface area contributed by atoms with Crippen LogP contribution in [0.1, 0.15) is 42.5 Å². The molecule has 6 rings (SSSR count). The Hall–Kier alpha value is -3.53. The average Bonchev–Trinajstić information content (AvgIpc) is 3.77. The van der Waals surface area contributed by atoms with E-state index in [1.165, 1.54) is 25.9 Å². The van der Waals surface area contributed by atoms with Gasteiger partial charge in [-0.1, -0.05) is 35.5 Å². The van der Waals surface area contributed by atoms with Crippen LogP contribution in [-0.4, -0.2) is 71.1 Å². The second-order valence-electron chi connectivity index (χ2n) is 10.8. The van der Waals surface area contributed by atoms with Crippen molar-refractivity contribution >= 4 is 5.82 Å². The summed E-state index contributed by atoms with van der Waals surface area (Å²) in [6.07, 6.45) is 8.34. The Morgan fingerprint density at radius 3 is 2.55 bits per heavy atom. The molecule has 9 nitrogen and oxygen atoms in total. The number of methoxy groups -OCH3 is 1. The first kappa shape index (κ1) is 26.7. The van der Waals surface area contributed by atoms with Crippen LogP contribution in [-0.2, 0) is 21.6 Å². The predicted octanol–water partition coefficient (Wildman–Crippen LogP) is 5.12. The number of anilines is 1. The summed E-state index contributed by atoms with van der Waals surface area (Å²) in [6.45, 7) is 8.66. The van der Waals surface area contributed by atoms with E-state index in [0.29, 0.717) is 24.9 Å². The third kappa shape index (κ3) is 5.82. The van der Waals surface area contributed by atoms with Crippen LogP contribution in [0.3, 0.4) is 0 Å². The van der Waals surface area contributed by atoms with Crippen molar-refractivity contribution in [2.75, 3.05) is 51.8 Å². The largest absolute Gasteiger partial charge is 0.381 e. The monoisotopic (exact) mass is 542 g/mol. The fourth-order valence-corrected chi connectivity index (χ4v) is 5.76. The van der Waals surface area contributed by atoms with Gasteiger partial charge in [-0.15, -0.1) is 0 Å². The number of benzene rings is 1. The van der Waals surface area contributed by atoms with E-state index in [1.807, 2.05) is 18.3 Å². The lowest BCUT2D eigenvalue weighted by molar-refractivity contribution is -0.0947. The number of nitrogens with zero attached hydrogens (tertiary/aromatic N) is 5. The van der Waals surface area contributed by atoms with Crippen molar-refractivity contribution in [3.8, 4) is 22.8 Å². The Kier molecular flexibility index (Phi) is 7.95. The molecule has 210 valence electrons. The van der Waals surface area contributed by atoms with Gasteiger partial charge in [0.05, 0.1) is 11.2 Å². The van der Waals surface area contributed by atoms with Crippen molar-refractivity contribution < 1.29 is 14.0 Å². The number of ether oxygens (including phenoxy) is 2. The number of aromatic nitrogens is 4. The molecule has 2 fully saturated rings. The highest BCUT2D eigenvalue weighted by Gasteiger charge is 2.34. The van der Waals surface area contributed by atoms with Crippen LogP contribution in [0.25, 0.3) is 22.8 Å². The Morgan fingerprint density at radius 2 is 1.82 bits per heavy atom. The van der Waals surface area contributed by atoms with E-state index in [2.05, 4.69) is 68.4 Å². The highest BCUT2D eigenvalue weighted by atomic mass is 16.5. The zero-order chi connectivity index (χ0) is 27.4. The van der Waals surface area contributed by atoms with Crippen molar-refractivity contribution in [2.24, 2.45) is 0 Å². The Bertz CT molecular complexity index is 1380. The van der Waals surface area contributed by atoms with E-state index in [1.54, 1.807) is 7.11 Å². The van der Waals surface area contributed by atoms with Crippen molar-refractivity contribution in [1.82, 2.24) is 24.6 Å². The minimum atomic E-state index is -0.292. The maximum absolute atomic E-state index is 5.93. The zero-order valence-electron chi connectivity index (χ0n) is 23.4. The highest BCUT2D eigenvalue weighted by molar-refractivity contribution is 5.60. The first-order chi connectivity index (χ1) is 19.6. The summed E-state index contributed by atoms with van der Waals surface area (Å²) in [5.74, 6) is 2.00. The molecule has 3 aromatic heterocycles. The molecule has 0 amide bonds. The number of pyridine rings is 1. The SMILES string of the molecule is COC1(c2ccc(-c3noc(-c4cc(C)n(Cc5ccc(NCCN6CCCC6)nc5)c4)n3)cc2)CCOCC1. The van der Waals surface area contributed by atoms with Gasteiger partial charge in [0.15, 0.2) is 0 Å². The molecular formula is C31H38N6O3. The molecule has 0 saturated carbocycles. The lowest BCUT2D eigenvalue weighted by Crippen LogP contribution is -2.35. The summed E-state index contributed by atoms with van der Waals surface area (Å²) < 4.78 is 19.3. The zero-order valence-corrected chi connectivity index (χ0v) is 23.4. The fourth-order valence-electron chi connectivity index (χ4n) is 5.76. The standard InChI is InChI=1S/C31H38N6O3/c1-23-19-26(22-37(23)21-24-5-10-28(33-20-24)32-13-16-36-14-3-4-15-36)30-34-29(35-40-30)25-6-8-27(9-7-25)31(38-2)11-17-39-18-12-31/h5-10,19-20,22H,3-4,11-18,21H2,1-2H3,(H,32,33). The minimum Gasteiger partial charge on any atom is -0.381 e. The summed E-state index contributed by atoms with van der Waals surface area (Å²) in [5, 5.41) is 7.70. The van der Waals surface area contributed by atoms with Gasteiger partial charge in [-0.05, 0) is 56.1 Å². The molecule has 40 heavy (non-hydrogen) atoms. The molecule has 1 N–H and O–H groups in total. The van der Waals surface area contributed by atoms with Crippen molar-refractivity contribution in [2.45, 2.75) is 44.8 Å². The smallest absolute Gasteiger partial charge is 0.259 e. The summed E-state index contributed by atoms with van der Waals surface area (Å²) in [5.41, 5.74) is 4.93. The lowest BCUT2D eigenvalue weighted by Gasteiger charge is -2.36. The van der Waals surface area contributed by atoms with Crippen LogP contribution in [0.5, 0.6) is 0 Å². The topological polar surface area (TPSA) is 90.5 Å². The van der Waals surface area contributed by atoms with Crippen LogP contribution in [0, 0.1) is 6.92 Å². The molecule has 9 heteroatoms. The molecule has 0 bridgehead atoms. The summed E-state index contributed by atoms with van der Waals surface area (Å²) >= 11 is 0. The summed E-state index contributed by atoms with van der Waals surface area (Å²) in [4.78, 5) is 11.8. The van der Waals surface area contributed by atoms with Crippen molar-refractivity contribution in [3.63, 3.8) is 0 Å². The second-order valence-corrected chi connectivity index (χ2v) is 10.8. The number of aryl methyl sites for hydroxylation is 1. The van der Waals surface area contributed by atoms with Gasteiger partial charge in [0.2, 0.25) is 5.82 Å². The molecule has 4 aromatic rings. The van der Waals surface area contributed by atoms with Gasteiger partial charge >= 0.3 is 0 Å². The molecule has 5 heterocycles. The Balaban J connectivity index is 1.09. The Labute approximate surface area is 235 Å². The van der Waals surface area contributed by atoms with Gasteiger partial charge in [0.1, 0.15) is 5.82 Å². The minimum absolute atomic E-state index is 0.292. The molecule has 0 aliphatic carbocycles. The number of likely N-dealkylation sites (tertiary alicyclic amines) is 1. The van der Waals surface area contributed by atoms with Gasteiger partial charge in [-0.25, -0.2) is 4.98 Å². The van der Waals surface area contributed by atoms with Gasteiger partial charge in [0, 0.05) is 76.5 Å². The maximum Gasteiger partial charge on any atom is 0.259 e. The first-order valence-electron chi connectivity index (χ1n) is 14.3. The van der Waals surface area contributed by atoms with E-state index >= 15 is 0 Å². The van der Waals surface area contributed by atoms with Crippen LogP contribution in [0.15, 0.2) is 59.4 Å². The number of rotatable bonds is 10. The fraction of sp³-hybridized carbons (Fsp3) is 0.452. The number of hydrogen-bond donors (Lipinski definition) is 1. The third-order valence-corrected chi connectivity index (χ3v) is 8.26. The van der Waals surface area contributed by atoms with Gasteiger partial charge in [-0.2, -0.15) is 4.98 Å². The van der Waals surface area contributed by atoms with E-state index in [9.17, 15) is 0 Å². The van der Waals surface area contributed by atoms with Crippen molar-refractivity contribution in [1.29, 1.82) is 0 Å². The molecule has 1 aromatic carbocycles. The molecule has 2 aliphatic rings. The Morgan fingerprint density at radius 1 is 1.02 bits per heavy atom. The van der Waals surface area contributed by atoms with Crippen LogP contribution >= 0.6 is 0 Å². The summed E-state index contributed by atoms with van der Waals surface area (Å²) in [6, 6.07) is 14.5. The highest BCUT2D eigenvalue weighted by Crippen LogP contribution is 2.36. The predicted molar refractivity (Wildman–Crippen MR) is 154 cm³/mol. The van der Waals surface area contributed by atoms with E-state index in [0.717, 1.165) is 66.2 Å². The lowest BCUT2D eigenvalue weighted by atomic mass is 9.86. The first-order valence-corrected chi connectivity index (χ1v) is 14.3. The summed E-state index contributed by atoms with van der Waals surface area (Å²) in [7, 11) is 1.78. The van der Waals surface area contributed by atoms with Crippen LogP contribution in [0.4, 0.5) is 5.82 Å². The molecular weight excluding hydrogens is 504 g/mol. The number of nitrogens with one attached hydrogen (secondary N) is 1. The molecule has 0 spiro atoms. The second kappa shape index (κ2) is 11.9. The van der Waals surface area contributed by atoms with Gasteiger partial charge in [0.25, 0.3) is 5.89 Å². The maximum atomic E-state index is 5.93. The normalized spacial score (nSPS) is 17.4. The van der Waals surface area contributed by atoms with E-state index in [-0.39, 0.29) is 5.60 Å². The average molecular weight is 543 g/mol. The van der Waals surface area contributed by atoms with Gasteiger partial charge in [-0.3, -0.25) is 0 Å². The van der Waals surface area contributed by atoms with E-state index in [4.69, 9.17) is 19.0 Å². The molecule has 0 atom stereocenters. The third-order valence-electron chi connectivity index (χ3n) is 8.26. The van der Waals surface area contributed by atoms with E-state index < -0.39 is 0 Å². The van der Waals surface area contributed by atoms with Crippen molar-refractivity contribution in [3.05, 3.63) is 71.7 Å².